The zero-order chi connectivity index (χ0) is 14.7. The lowest BCUT2D eigenvalue weighted by Gasteiger charge is -2.43. The minimum Gasteiger partial charge on any atom is -0.480 e. The van der Waals surface area contributed by atoms with E-state index in [0.29, 0.717) is 5.88 Å². The van der Waals surface area contributed by atoms with E-state index in [4.69, 9.17) is 4.74 Å². The Morgan fingerprint density at radius 2 is 2.00 bits per heavy atom. The fraction of sp³-hybridized carbons (Fsp3) is 0.294. The summed E-state index contributed by atoms with van der Waals surface area (Å²) in [6, 6.07) is 16.6. The number of pyridine rings is 1. The molecule has 4 nitrogen and oxygen atoms in total. The lowest BCUT2D eigenvalue weighted by Crippen LogP contribution is -2.47. The minimum absolute atomic E-state index is 0.267. The molecule has 0 amide bonds. The number of hydrogen-bond acceptors (Lipinski definition) is 4. The second kappa shape index (κ2) is 5.45. The fourth-order valence-electron chi connectivity index (χ4n) is 2.92. The highest BCUT2D eigenvalue weighted by molar-refractivity contribution is 5.54. The van der Waals surface area contributed by atoms with E-state index in [1.54, 1.807) is 13.3 Å². The van der Waals surface area contributed by atoms with Crippen LogP contribution in [0.4, 0.5) is 5.69 Å². The molecule has 1 aliphatic rings. The van der Waals surface area contributed by atoms with Crippen molar-refractivity contribution in [2.75, 3.05) is 12.4 Å². The molecule has 21 heavy (non-hydrogen) atoms. The first kappa shape index (κ1) is 13.4. The van der Waals surface area contributed by atoms with Gasteiger partial charge in [0.05, 0.1) is 24.3 Å². The van der Waals surface area contributed by atoms with E-state index in [0.717, 1.165) is 24.1 Å². The summed E-state index contributed by atoms with van der Waals surface area (Å²) in [5, 5.41) is 13.0. The highest BCUT2D eigenvalue weighted by Crippen LogP contribution is 2.45. The number of benzene rings is 1. The van der Waals surface area contributed by atoms with Gasteiger partial charge in [0.2, 0.25) is 5.88 Å². The molecule has 1 fully saturated rings. The highest BCUT2D eigenvalue weighted by Gasteiger charge is 2.46. The predicted octanol–water partition coefficient (Wildman–Crippen LogP) is 3.13. The number of aromatic nitrogens is 1. The third kappa shape index (κ3) is 2.43. The third-order valence-electron chi connectivity index (χ3n) is 4.05. The summed E-state index contributed by atoms with van der Waals surface area (Å²) in [6.45, 7) is 0. The number of nitrogens with one attached hydrogen (secondary N) is 1. The monoisotopic (exact) mass is 279 g/mol. The molecule has 2 aromatic rings. The minimum atomic E-state index is -0.367. The third-order valence-corrected chi connectivity index (χ3v) is 4.05. The number of ether oxygens (including phenoxy) is 1. The van der Waals surface area contributed by atoms with Crippen LogP contribution in [0.3, 0.4) is 0 Å². The van der Waals surface area contributed by atoms with E-state index < -0.39 is 0 Å². The Hall–Kier alpha value is -2.54. The van der Waals surface area contributed by atoms with E-state index in [-0.39, 0.29) is 11.5 Å². The zero-order valence-corrected chi connectivity index (χ0v) is 11.9. The molecule has 1 N–H and O–H groups in total. The van der Waals surface area contributed by atoms with Crippen molar-refractivity contribution in [3.8, 4) is 11.9 Å². The first-order chi connectivity index (χ1) is 10.3. The van der Waals surface area contributed by atoms with Crippen LogP contribution in [0.5, 0.6) is 5.88 Å². The van der Waals surface area contributed by atoms with Gasteiger partial charge in [0, 0.05) is 12.2 Å². The van der Waals surface area contributed by atoms with Crippen molar-refractivity contribution in [1.29, 1.82) is 5.26 Å². The molecule has 1 saturated carbocycles. The summed E-state index contributed by atoms with van der Waals surface area (Å²) in [7, 11) is 1.61. The standard InChI is InChI=1S/C17H17N3O/c1-21-16-15(8-5-9-19-16)20-14-10-17(11-14,12-18)13-6-3-2-4-7-13/h2-9,14,20H,10-11H2,1H3. The molecular weight excluding hydrogens is 262 g/mol. The molecular formula is C17H17N3O. The molecule has 3 rings (SSSR count). The largest absolute Gasteiger partial charge is 0.480 e. The zero-order valence-electron chi connectivity index (χ0n) is 11.9. The lowest BCUT2D eigenvalue weighted by molar-refractivity contribution is 0.288. The first-order valence-electron chi connectivity index (χ1n) is 7.00. The molecule has 0 spiro atoms. The van der Waals surface area contributed by atoms with Crippen molar-refractivity contribution >= 4 is 5.69 Å². The smallest absolute Gasteiger partial charge is 0.237 e. The molecule has 0 atom stereocenters. The van der Waals surface area contributed by atoms with Crippen LogP contribution in [0.25, 0.3) is 0 Å². The molecule has 0 unspecified atom stereocenters. The quantitative estimate of drug-likeness (QED) is 0.934. The topological polar surface area (TPSA) is 57.9 Å². The Labute approximate surface area is 124 Å². The highest BCUT2D eigenvalue weighted by atomic mass is 16.5. The maximum atomic E-state index is 9.56. The van der Waals surface area contributed by atoms with Crippen molar-refractivity contribution in [1.82, 2.24) is 4.98 Å². The van der Waals surface area contributed by atoms with Crippen molar-refractivity contribution in [3.05, 3.63) is 54.2 Å². The molecule has 1 aromatic heterocycles. The SMILES string of the molecule is COc1ncccc1NC1CC(C#N)(c2ccccc2)C1. The van der Waals surface area contributed by atoms with E-state index >= 15 is 0 Å². The summed E-state index contributed by atoms with van der Waals surface area (Å²) in [5.41, 5.74) is 1.61. The number of nitriles is 1. The molecule has 106 valence electrons. The van der Waals surface area contributed by atoms with Gasteiger partial charge in [0.15, 0.2) is 0 Å². The van der Waals surface area contributed by atoms with Gasteiger partial charge in [-0.15, -0.1) is 0 Å². The number of hydrogen-bond donors (Lipinski definition) is 1. The van der Waals surface area contributed by atoms with Gasteiger partial charge in [-0.2, -0.15) is 5.26 Å². The van der Waals surface area contributed by atoms with Gasteiger partial charge < -0.3 is 10.1 Å². The van der Waals surface area contributed by atoms with Crippen LogP contribution in [0.15, 0.2) is 48.7 Å². The summed E-state index contributed by atoms with van der Waals surface area (Å²) in [6.07, 6.45) is 3.30. The molecule has 4 heteroatoms. The maximum absolute atomic E-state index is 9.56. The van der Waals surface area contributed by atoms with Crippen molar-refractivity contribution in [2.45, 2.75) is 24.3 Å². The van der Waals surface area contributed by atoms with Gasteiger partial charge >= 0.3 is 0 Å². The molecule has 0 bridgehead atoms. The van der Waals surface area contributed by atoms with Crippen LogP contribution >= 0.6 is 0 Å². The second-order valence-electron chi connectivity index (χ2n) is 5.37. The van der Waals surface area contributed by atoms with E-state index in [9.17, 15) is 5.26 Å². The van der Waals surface area contributed by atoms with Gasteiger partial charge in [0.1, 0.15) is 0 Å². The average molecular weight is 279 g/mol. The molecule has 1 heterocycles. The molecule has 0 aliphatic heterocycles. The van der Waals surface area contributed by atoms with Crippen LogP contribution in [0.2, 0.25) is 0 Å². The van der Waals surface area contributed by atoms with Crippen molar-refractivity contribution in [2.24, 2.45) is 0 Å². The van der Waals surface area contributed by atoms with Crippen molar-refractivity contribution < 1.29 is 4.74 Å². The Bertz CT molecular complexity index is 657. The Kier molecular flexibility index (Phi) is 3.49. The van der Waals surface area contributed by atoms with Crippen LogP contribution in [0.1, 0.15) is 18.4 Å². The predicted molar refractivity (Wildman–Crippen MR) is 81.2 cm³/mol. The molecule has 1 aromatic carbocycles. The summed E-state index contributed by atoms with van der Waals surface area (Å²) in [5.74, 6) is 0.590. The van der Waals surface area contributed by atoms with Gasteiger partial charge in [-0.3, -0.25) is 0 Å². The van der Waals surface area contributed by atoms with Gasteiger partial charge in [-0.1, -0.05) is 30.3 Å². The Morgan fingerprint density at radius 1 is 1.24 bits per heavy atom. The lowest BCUT2D eigenvalue weighted by atomic mass is 9.62. The Morgan fingerprint density at radius 3 is 2.67 bits per heavy atom. The summed E-state index contributed by atoms with van der Waals surface area (Å²) in [4.78, 5) is 4.17. The van der Waals surface area contributed by atoms with Crippen LogP contribution in [-0.2, 0) is 5.41 Å². The van der Waals surface area contributed by atoms with Gasteiger partial charge in [0.25, 0.3) is 0 Å². The fourth-order valence-corrected chi connectivity index (χ4v) is 2.92. The van der Waals surface area contributed by atoms with Crippen LogP contribution in [0, 0.1) is 11.3 Å². The second-order valence-corrected chi connectivity index (χ2v) is 5.37. The van der Waals surface area contributed by atoms with Crippen molar-refractivity contribution in [3.63, 3.8) is 0 Å². The summed E-state index contributed by atoms with van der Waals surface area (Å²) < 4.78 is 5.24. The van der Waals surface area contributed by atoms with Crippen LogP contribution in [-0.4, -0.2) is 18.1 Å². The van der Waals surface area contributed by atoms with Gasteiger partial charge in [-0.05, 0) is 30.5 Å². The summed E-state index contributed by atoms with van der Waals surface area (Å²) >= 11 is 0. The number of nitrogens with zero attached hydrogens (tertiary/aromatic N) is 2. The van der Waals surface area contributed by atoms with E-state index in [1.165, 1.54) is 0 Å². The van der Waals surface area contributed by atoms with E-state index in [2.05, 4.69) is 16.4 Å². The van der Waals surface area contributed by atoms with E-state index in [1.807, 2.05) is 42.5 Å². The average Bonchev–Trinajstić information content (AvgIpc) is 2.52. The number of methoxy groups -OCH3 is 1. The number of rotatable bonds is 4. The maximum Gasteiger partial charge on any atom is 0.237 e. The van der Waals surface area contributed by atoms with Crippen LogP contribution < -0.4 is 10.1 Å². The number of anilines is 1. The molecule has 0 radical (unpaired) electrons. The van der Waals surface area contributed by atoms with Gasteiger partial charge in [-0.25, -0.2) is 4.98 Å². The normalized spacial score (nSPS) is 23.7. The Balaban J connectivity index is 1.72. The first-order valence-corrected chi connectivity index (χ1v) is 7.00. The molecule has 1 aliphatic carbocycles. The molecule has 0 saturated heterocycles.